The van der Waals surface area contributed by atoms with Crippen molar-refractivity contribution >= 4 is 17.8 Å². The van der Waals surface area contributed by atoms with E-state index in [1.165, 1.54) is 6.26 Å². The molecule has 0 aliphatic rings. The van der Waals surface area contributed by atoms with Crippen LogP contribution in [0.25, 0.3) is 0 Å². The van der Waals surface area contributed by atoms with Gasteiger partial charge in [-0.15, -0.1) is 0 Å². The van der Waals surface area contributed by atoms with Crippen LogP contribution >= 0.6 is 0 Å². The van der Waals surface area contributed by atoms with E-state index >= 15 is 0 Å². The molecule has 2 aromatic heterocycles. The van der Waals surface area contributed by atoms with Gasteiger partial charge in [-0.05, 0) is 45.4 Å². The van der Waals surface area contributed by atoms with Crippen LogP contribution < -0.4 is 5.32 Å². The summed E-state index contributed by atoms with van der Waals surface area (Å²) in [6, 6.07) is 3.11. The number of carbonyl (C=O) groups is 3. The number of nitrogens with one attached hydrogen (secondary N) is 2. The minimum absolute atomic E-state index is 0.123. The maximum absolute atomic E-state index is 12.2. The molecule has 0 bridgehead atoms. The fourth-order valence-corrected chi connectivity index (χ4v) is 2.56. The summed E-state index contributed by atoms with van der Waals surface area (Å²) < 4.78 is 15.2. The highest BCUT2D eigenvalue weighted by atomic mass is 16.5. The Hall–Kier alpha value is -3.03. The molecule has 140 valence electrons. The van der Waals surface area contributed by atoms with Gasteiger partial charge in [-0.3, -0.25) is 4.79 Å². The summed E-state index contributed by atoms with van der Waals surface area (Å²) in [4.78, 5) is 38.9. The third-order valence-corrected chi connectivity index (χ3v) is 3.80. The second kappa shape index (κ2) is 8.37. The molecule has 1 amide bonds. The first kappa shape index (κ1) is 19.3. The van der Waals surface area contributed by atoms with Crippen molar-refractivity contribution in [2.45, 2.75) is 33.7 Å². The molecule has 0 saturated heterocycles. The zero-order chi connectivity index (χ0) is 19.3. The second-order valence-electron chi connectivity index (χ2n) is 5.73. The van der Waals surface area contributed by atoms with Crippen LogP contribution in [0.5, 0.6) is 0 Å². The quantitative estimate of drug-likeness (QED) is 0.732. The summed E-state index contributed by atoms with van der Waals surface area (Å²) in [5.41, 5.74) is 1.35. The summed E-state index contributed by atoms with van der Waals surface area (Å²) in [5, 5.41) is 2.66. The third-order valence-electron chi connectivity index (χ3n) is 3.80. The summed E-state index contributed by atoms with van der Waals surface area (Å²) in [7, 11) is 0. The van der Waals surface area contributed by atoms with Crippen LogP contribution in [-0.4, -0.2) is 36.0 Å². The number of hydrogen-bond donors (Lipinski definition) is 2. The number of aromatic amines is 1. The van der Waals surface area contributed by atoms with Crippen LogP contribution in [0.2, 0.25) is 0 Å². The molecule has 0 radical (unpaired) electrons. The molecule has 2 heterocycles. The average molecular weight is 362 g/mol. The topological polar surface area (TPSA) is 111 Å². The molecular formula is C18H22N2O6. The summed E-state index contributed by atoms with van der Waals surface area (Å²) in [6.07, 6.45) is 1.51. The molecule has 8 heteroatoms. The predicted octanol–water partition coefficient (Wildman–Crippen LogP) is 2.44. The summed E-state index contributed by atoms with van der Waals surface area (Å²) in [5.74, 6) is -1.10. The lowest BCUT2D eigenvalue weighted by molar-refractivity contribution is -0.125. The van der Waals surface area contributed by atoms with Gasteiger partial charge in [0.2, 0.25) is 0 Å². The zero-order valence-electron chi connectivity index (χ0n) is 15.2. The Morgan fingerprint density at radius 3 is 2.58 bits per heavy atom. The van der Waals surface area contributed by atoms with Gasteiger partial charge in [0.15, 0.2) is 6.61 Å². The smallest absolute Gasteiger partial charge is 0.355 e. The van der Waals surface area contributed by atoms with Gasteiger partial charge in [0.1, 0.15) is 11.5 Å². The summed E-state index contributed by atoms with van der Waals surface area (Å²) in [6.45, 7) is 6.52. The number of H-pyrrole nitrogens is 1. The first-order valence-corrected chi connectivity index (χ1v) is 8.21. The van der Waals surface area contributed by atoms with E-state index in [1.807, 2.05) is 0 Å². The van der Waals surface area contributed by atoms with Crippen molar-refractivity contribution in [3.8, 4) is 0 Å². The van der Waals surface area contributed by atoms with Crippen molar-refractivity contribution < 1.29 is 28.3 Å². The molecule has 2 N–H and O–H groups in total. The van der Waals surface area contributed by atoms with Crippen LogP contribution in [0.15, 0.2) is 22.8 Å². The number of esters is 2. The maximum Gasteiger partial charge on any atom is 0.355 e. The highest BCUT2D eigenvalue weighted by molar-refractivity contribution is 5.99. The van der Waals surface area contributed by atoms with E-state index in [-0.39, 0.29) is 18.3 Å². The van der Waals surface area contributed by atoms with Gasteiger partial charge in [-0.2, -0.15) is 0 Å². The van der Waals surface area contributed by atoms with Gasteiger partial charge in [-0.1, -0.05) is 0 Å². The number of carbonyl (C=O) groups excluding carboxylic acids is 3. The predicted molar refractivity (Wildman–Crippen MR) is 91.8 cm³/mol. The maximum atomic E-state index is 12.2. The van der Waals surface area contributed by atoms with Gasteiger partial charge >= 0.3 is 11.9 Å². The van der Waals surface area contributed by atoms with Gasteiger partial charge in [0, 0.05) is 5.69 Å². The van der Waals surface area contributed by atoms with E-state index in [0.29, 0.717) is 22.6 Å². The molecule has 0 spiro atoms. The first-order valence-electron chi connectivity index (χ1n) is 8.21. The first-order chi connectivity index (χ1) is 12.3. The number of ether oxygens (including phenoxy) is 2. The number of furan rings is 1. The van der Waals surface area contributed by atoms with E-state index in [0.717, 1.165) is 0 Å². The Morgan fingerprint density at radius 2 is 1.96 bits per heavy atom. The molecule has 0 fully saturated rings. The molecule has 2 rings (SSSR count). The van der Waals surface area contributed by atoms with Crippen LogP contribution in [0.1, 0.15) is 57.8 Å². The largest absolute Gasteiger partial charge is 0.467 e. The van der Waals surface area contributed by atoms with Crippen molar-refractivity contribution in [3.63, 3.8) is 0 Å². The molecule has 0 aliphatic carbocycles. The highest BCUT2D eigenvalue weighted by Gasteiger charge is 2.24. The highest BCUT2D eigenvalue weighted by Crippen LogP contribution is 2.20. The van der Waals surface area contributed by atoms with Crippen LogP contribution in [0.3, 0.4) is 0 Å². The number of hydrogen-bond acceptors (Lipinski definition) is 6. The molecule has 0 unspecified atom stereocenters. The summed E-state index contributed by atoms with van der Waals surface area (Å²) >= 11 is 0. The van der Waals surface area contributed by atoms with Gasteiger partial charge in [-0.25, -0.2) is 9.59 Å². The standard InChI is InChI=1S/C18H22N2O6/c1-5-24-17(22)15-10(2)16(20-12(15)4)18(23)26-9-14(21)19-11(3)13-7-6-8-25-13/h6-8,11,20H,5,9H2,1-4H3,(H,19,21)/t11-/m0/s1. The SMILES string of the molecule is CCOC(=O)c1c(C)[nH]c(C(=O)OCC(=O)N[C@@H](C)c2ccco2)c1C. The van der Waals surface area contributed by atoms with Crippen molar-refractivity contribution in [2.24, 2.45) is 0 Å². The Balaban J connectivity index is 1.96. The van der Waals surface area contributed by atoms with Crippen molar-refractivity contribution in [2.75, 3.05) is 13.2 Å². The van der Waals surface area contributed by atoms with E-state index < -0.39 is 24.5 Å². The van der Waals surface area contributed by atoms with Crippen molar-refractivity contribution in [1.82, 2.24) is 10.3 Å². The number of aromatic nitrogens is 1. The number of aryl methyl sites for hydroxylation is 1. The molecule has 26 heavy (non-hydrogen) atoms. The molecule has 2 aromatic rings. The van der Waals surface area contributed by atoms with Crippen LogP contribution in [0, 0.1) is 13.8 Å². The Labute approximate surface area is 150 Å². The fourth-order valence-electron chi connectivity index (χ4n) is 2.56. The average Bonchev–Trinajstić information content (AvgIpc) is 3.21. The Bertz CT molecular complexity index is 791. The number of amides is 1. The monoisotopic (exact) mass is 362 g/mol. The van der Waals surface area contributed by atoms with E-state index in [1.54, 1.807) is 39.8 Å². The van der Waals surface area contributed by atoms with Gasteiger partial charge in [0.05, 0.1) is 24.5 Å². The molecule has 8 nitrogen and oxygen atoms in total. The molecule has 1 atom stereocenters. The Morgan fingerprint density at radius 1 is 1.23 bits per heavy atom. The van der Waals surface area contributed by atoms with Crippen molar-refractivity contribution in [3.05, 3.63) is 46.7 Å². The lowest BCUT2D eigenvalue weighted by Gasteiger charge is -2.11. The second-order valence-corrected chi connectivity index (χ2v) is 5.73. The number of rotatable bonds is 7. The molecule has 0 aromatic carbocycles. The lowest BCUT2D eigenvalue weighted by atomic mass is 10.1. The van der Waals surface area contributed by atoms with Gasteiger partial charge in [0.25, 0.3) is 5.91 Å². The minimum Gasteiger partial charge on any atom is -0.467 e. The normalized spacial score (nSPS) is 11.7. The van der Waals surface area contributed by atoms with E-state index in [4.69, 9.17) is 13.9 Å². The van der Waals surface area contributed by atoms with Crippen LogP contribution in [-0.2, 0) is 14.3 Å². The van der Waals surface area contributed by atoms with Crippen molar-refractivity contribution in [1.29, 1.82) is 0 Å². The Kier molecular flexibility index (Phi) is 6.21. The molecular weight excluding hydrogens is 340 g/mol. The van der Waals surface area contributed by atoms with E-state index in [2.05, 4.69) is 10.3 Å². The molecule has 0 aliphatic heterocycles. The van der Waals surface area contributed by atoms with E-state index in [9.17, 15) is 14.4 Å². The third kappa shape index (κ3) is 4.33. The fraction of sp³-hybridized carbons (Fsp3) is 0.389. The van der Waals surface area contributed by atoms with Gasteiger partial charge < -0.3 is 24.2 Å². The minimum atomic E-state index is -0.720. The lowest BCUT2D eigenvalue weighted by Crippen LogP contribution is -2.31. The zero-order valence-corrected chi connectivity index (χ0v) is 15.2. The molecule has 0 saturated carbocycles. The van der Waals surface area contributed by atoms with Crippen LogP contribution in [0.4, 0.5) is 0 Å².